The molecule has 0 bridgehead atoms. The van der Waals surface area contributed by atoms with Crippen LogP contribution in [0.4, 0.5) is 11.4 Å². The summed E-state index contributed by atoms with van der Waals surface area (Å²) in [5, 5.41) is 2.93. The molecule has 2 rings (SSSR count). The molecule has 0 atom stereocenters. The van der Waals surface area contributed by atoms with E-state index in [1.807, 2.05) is 0 Å². The molecule has 1 N–H and O–H groups in total. The van der Waals surface area contributed by atoms with Gasteiger partial charge in [0.1, 0.15) is 0 Å². The molecule has 1 fully saturated rings. The van der Waals surface area contributed by atoms with Crippen LogP contribution >= 0.6 is 0 Å². The normalized spacial score (nSPS) is 15.6. The Hall–Kier alpha value is -1.55. The largest absolute Gasteiger partial charge is 0.373 e. The monoisotopic (exact) mass is 305 g/mol. The first-order chi connectivity index (χ1) is 10.5. The highest BCUT2D eigenvalue weighted by molar-refractivity contribution is 5.91. The maximum atomic E-state index is 11.3. The van der Waals surface area contributed by atoms with Crippen molar-refractivity contribution in [3.05, 3.63) is 23.3 Å². The van der Waals surface area contributed by atoms with E-state index in [0.29, 0.717) is 0 Å². The molecule has 4 heteroatoms. The van der Waals surface area contributed by atoms with E-state index in [-0.39, 0.29) is 7.33 Å². The van der Waals surface area contributed by atoms with E-state index in [1.54, 1.807) is 6.92 Å². The number of carbonyl (C=O) groups excluding carboxylic acids is 1. The summed E-state index contributed by atoms with van der Waals surface area (Å²) in [6, 6.07) is 4.32. The van der Waals surface area contributed by atoms with Crippen LogP contribution in [0.2, 0.25) is 0 Å². The number of benzene rings is 1. The molecule has 0 saturated carbocycles. The Morgan fingerprint density at radius 1 is 1.23 bits per heavy atom. The number of anilines is 2. The molecule has 0 unspecified atom stereocenters. The van der Waals surface area contributed by atoms with Crippen LogP contribution in [0.5, 0.6) is 0 Å². The van der Waals surface area contributed by atoms with Crippen LogP contribution in [0, 0.1) is 13.8 Å². The van der Waals surface area contributed by atoms with Gasteiger partial charge in [0.25, 0.3) is 0 Å². The maximum Gasteiger partial charge on any atom is 0.221 e. The first-order valence-corrected chi connectivity index (χ1v) is 8.29. The second-order valence-corrected chi connectivity index (χ2v) is 6.46. The molecule has 124 valence electrons. The van der Waals surface area contributed by atoms with Gasteiger partial charge in [-0.15, -0.1) is 0 Å². The van der Waals surface area contributed by atoms with E-state index < -0.39 is 0 Å². The van der Waals surface area contributed by atoms with Crippen molar-refractivity contribution in [2.75, 3.05) is 43.4 Å². The van der Waals surface area contributed by atoms with Gasteiger partial charge < -0.3 is 15.1 Å². The lowest BCUT2D eigenvalue weighted by Gasteiger charge is -2.29. The van der Waals surface area contributed by atoms with Gasteiger partial charge in [-0.05, 0) is 63.0 Å². The highest BCUT2D eigenvalue weighted by Gasteiger charge is 2.12. The zero-order valence-electron chi connectivity index (χ0n) is 14.4. The maximum absolute atomic E-state index is 11.3. The smallest absolute Gasteiger partial charge is 0.221 e. The van der Waals surface area contributed by atoms with Gasteiger partial charge in [-0.2, -0.15) is 0 Å². The summed E-state index contributed by atoms with van der Waals surface area (Å²) in [5.74, 6) is -0.0163. The van der Waals surface area contributed by atoms with Crippen molar-refractivity contribution < 1.29 is 6.22 Å². The minimum Gasteiger partial charge on any atom is -0.373 e. The number of likely N-dealkylation sites (tertiary alicyclic amines) is 1. The van der Waals surface area contributed by atoms with E-state index >= 15 is 0 Å². The topological polar surface area (TPSA) is 35.6 Å². The van der Waals surface area contributed by atoms with E-state index in [2.05, 4.69) is 48.1 Å². The lowest BCUT2D eigenvalue weighted by Crippen LogP contribution is -2.36. The van der Waals surface area contributed by atoms with Crippen LogP contribution in [0.25, 0.3) is 0 Å². The van der Waals surface area contributed by atoms with Crippen LogP contribution in [0.3, 0.4) is 0 Å². The highest BCUT2D eigenvalue weighted by atomic mass is 16.1. The van der Waals surface area contributed by atoms with Crippen LogP contribution < -0.4 is 10.2 Å². The third-order valence-corrected chi connectivity index (χ3v) is 4.46. The van der Waals surface area contributed by atoms with Crippen LogP contribution in [0.15, 0.2) is 12.1 Å². The van der Waals surface area contributed by atoms with Crippen molar-refractivity contribution in [2.45, 2.75) is 40.0 Å². The van der Waals surface area contributed by atoms with E-state index in [9.17, 15) is 4.79 Å². The van der Waals surface area contributed by atoms with Crippen molar-refractivity contribution in [3.63, 3.8) is 0 Å². The Balaban J connectivity index is 0.00000264. The minimum atomic E-state index is -0.0163. The van der Waals surface area contributed by atoms with Gasteiger partial charge in [-0.25, -0.2) is 0 Å². The standard InChI is InChI=1S/C18H29N3O.H2/c1-14-12-17(13-15(2)18(14)19-16(3)22)20(4)10-11-21-8-6-5-7-9-21;/h12-13H,5-11H2,1-4H3,(H,19,22);1H. The van der Waals surface area contributed by atoms with Gasteiger partial charge in [0.15, 0.2) is 0 Å². The average molecular weight is 305 g/mol. The lowest BCUT2D eigenvalue weighted by molar-refractivity contribution is -0.114. The summed E-state index contributed by atoms with van der Waals surface area (Å²) in [4.78, 5) is 16.2. The Bertz CT molecular complexity index is 504. The number of carbonyl (C=O) groups is 1. The Morgan fingerprint density at radius 2 is 1.82 bits per heavy atom. The summed E-state index contributed by atoms with van der Waals surface area (Å²) in [5.41, 5.74) is 4.41. The fraction of sp³-hybridized carbons (Fsp3) is 0.611. The van der Waals surface area contributed by atoms with Gasteiger partial charge in [-0.1, -0.05) is 6.42 Å². The first kappa shape index (κ1) is 16.8. The molecular weight excluding hydrogens is 274 g/mol. The summed E-state index contributed by atoms with van der Waals surface area (Å²) in [7, 11) is 2.15. The molecule has 1 aromatic rings. The molecule has 1 heterocycles. The molecule has 0 aliphatic carbocycles. The molecule has 0 spiro atoms. The van der Waals surface area contributed by atoms with E-state index in [0.717, 1.165) is 29.9 Å². The van der Waals surface area contributed by atoms with E-state index in [1.165, 1.54) is 38.0 Å². The highest BCUT2D eigenvalue weighted by Crippen LogP contribution is 2.26. The summed E-state index contributed by atoms with van der Waals surface area (Å²) in [6.07, 6.45) is 4.07. The molecular formula is C18H31N3O. The van der Waals surface area contributed by atoms with Gasteiger partial charge >= 0.3 is 0 Å². The fourth-order valence-corrected chi connectivity index (χ4v) is 3.14. The number of amides is 1. The second kappa shape index (κ2) is 7.63. The lowest BCUT2D eigenvalue weighted by atomic mass is 10.1. The zero-order chi connectivity index (χ0) is 16.1. The Morgan fingerprint density at radius 3 is 2.36 bits per heavy atom. The number of hydrogen-bond donors (Lipinski definition) is 1. The van der Waals surface area contributed by atoms with Crippen molar-refractivity contribution in [1.29, 1.82) is 0 Å². The Labute approximate surface area is 136 Å². The predicted octanol–water partition coefficient (Wildman–Crippen LogP) is 3.43. The quantitative estimate of drug-likeness (QED) is 0.905. The van der Waals surface area contributed by atoms with Crippen LogP contribution in [0.1, 0.15) is 38.7 Å². The average Bonchev–Trinajstić information content (AvgIpc) is 2.49. The number of aryl methyl sites for hydroxylation is 2. The molecule has 1 aliphatic rings. The molecule has 1 aromatic carbocycles. The number of rotatable bonds is 5. The predicted molar refractivity (Wildman–Crippen MR) is 95.9 cm³/mol. The van der Waals surface area contributed by atoms with Crippen molar-refractivity contribution >= 4 is 17.3 Å². The summed E-state index contributed by atoms with van der Waals surface area (Å²) < 4.78 is 0. The molecule has 0 radical (unpaired) electrons. The third kappa shape index (κ3) is 4.47. The SMILES string of the molecule is CC(=O)Nc1c(C)cc(N(C)CCN2CCCCC2)cc1C.[HH]. The van der Waals surface area contributed by atoms with Crippen LogP contribution in [-0.2, 0) is 4.79 Å². The molecule has 1 aliphatic heterocycles. The zero-order valence-corrected chi connectivity index (χ0v) is 14.4. The van der Waals surface area contributed by atoms with Crippen molar-refractivity contribution in [3.8, 4) is 0 Å². The van der Waals surface area contributed by atoms with Gasteiger partial charge in [0.2, 0.25) is 5.91 Å². The Kier molecular flexibility index (Phi) is 5.83. The molecule has 22 heavy (non-hydrogen) atoms. The summed E-state index contributed by atoms with van der Waals surface area (Å²) in [6.45, 7) is 10.3. The summed E-state index contributed by atoms with van der Waals surface area (Å²) >= 11 is 0. The molecule has 0 aromatic heterocycles. The number of nitrogens with one attached hydrogen (secondary N) is 1. The minimum absolute atomic E-state index is 0. The number of likely N-dealkylation sites (N-methyl/N-ethyl adjacent to an activating group) is 1. The molecule has 4 nitrogen and oxygen atoms in total. The van der Waals surface area contributed by atoms with Crippen molar-refractivity contribution in [1.82, 2.24) is 4.90 Å². The fourth-order valence-electron chi connectivity index (χ4n) is 3.14. The number of nitrogens with zero attached hydrogens (tertiary/aromatic N) is 2. The van der Waals surface area contributed by atoms with Gasteiger partial charge in [0, 0.05) is 39.9 Å². The van der Waals surface area contributed by atoms with Crippen LogP contribution in [-0.4, -0.2) is 44.0 Å². The first-order valence-electron chi connectivity index (χ1n) is 8.29. The number of piperidine rings is 1. The molecule has 1 saturated heterocycles. The molecule has 1 amide bonds. The second-order valence-electron chi connectivity index (χ2n) is 6.46. The third-order valence-electron chi connectivity index (χ3n) is 4.46. The van der Waals surface area contributed by atoms with E-state index in [4.69, 9.17) is 0 Å². The van der Waals surface area contributed by atoms with Crippen molar-refractivity contribution in [2.24, 2.45) is 0 Å². The van der Waals surface area contributed by atoms with Gasteiger partial charge in [0.05, 0.1) is 0 Å². The van der Waals surface area contributed by atoms with Gasteiger partial charge in [-0.3, -0.25) is 4.79 Å². The number of hydrogen-bond acceptors (Lipinski definition) is 3.